The SMILES string of the molecule is CN(Cc1nc2ccsc2c(=O)[nH]1)C(=O)Cn1c(SC(F)F)nc2ccccc21. The number of fused-ring (bicyclic) bond motifs is 2. The van der Waals surface area contributed by atoms with Crippen LogP contribution in [0.1, 0.15) is 5.82 Å². The fourth-order valence-electron chi connectivity index (χ4n) is 2.94. The molecule has 0 fully saturated rings. The third kappa shape index (κ3) is 4.01. The highest BCUT2D eigenvalue weighted by Crippen LogP contribution is 2.28. The van der Waals surface area contributed by atoms with Gasteiger partial charge in [-0.3, -0.25) is 9.59 Å². The molecule has 4 aromatic rings. The van der Waals surface area contributed by atoms with Crippen molar-refractivity contribution in [2.24, 2.45) is 0 Å². The molecule has 0 unspecified atom stereocenters. The van der Waals surface area contributed by atoms with Crippen molar-refractivity contribution in [1.29, 1.82) is 0 Å². The van der Waals surface area contributed by atoms with Crippen molar-refractivity contribution in [2.45, 2.75) is 24.0 Å². The first-order valence-electron chi connectivity index (χ1n) is 8.53. The number of alkyl halides is 2. The van der Waals surface area contributed by atoms with Crippen LogP contribution in [0, 0.1) is 0 Å². The molecule has 0 bridgehead atoms. The summed E-state index contributed by atoms with van der Waals surface area (Å²) < 4.78 is 27.9. The predicted molar refractivity (Wildman–Crippen MR) is 108 cm³/mol. The topological polar surface area (TPSA) is 83.9 Å². The predicted octanol–water partition coefficient (Wildman–Crippen LogP) is 3.31. The number of halogens is 2. The van der Waals surface area contributed by atoms with E-state index in [0.29, 0.717) is 38.8 Å². The van der Waals surface area contributed by atoms with Crippen molar-refractivity contribution in [3.8, 4) is 0 Å². The van der Waals surface area contributed by atoms with Gasteiger partial charge in [0.15, 0.2) is 5.16 Å². The number of imidazole rings is 1. The second-order valence-corrected chi connectivity index (χ2v) is 8.12. The van der Waals surface area contributed by atoms with Crippen molar-refractivity contribution >= 4 is 50.3 Å². The van der Waals surface area contributed by atoms with E-state index >= 15 is 0 Å². The van der Waals surface area contributed by atoms with Gasteiger partial charge in [-0.15, -0.1) is 11.3 Å². The number of amides is 1. The molecule has 7 nitrogen and oxygen atoms in total. The first kappa shape index (κ1) is 19.5. The Kier molecular flexibility index (Phi) is 5.33. The van der Waals surface area contributed by atoms with Gasteiger partial charge in [0.05, 0.1) is 23.1 Å². The zero-order valence-corrected chi connectivity index (χ0v) is 16.8. The van der Waals surface area contributed by atoms with Gasteiger partial charge in [-0.1, -0.05) is 12.1 Å². The summed E-state index contributed by atoms with van der Waals surface area (Å²) in [5.41, 5.74) is 1.46. The van der Waals surface area contributed by atoms with E-state index in [1.807, 2.05) is 0 Å². The molecular formula is C18H15F2N5O2S2. The molecule has 1 aromatic carbocycles. The molecule has 0 spiro atoms. The molecule has 3 heterocycles. The molecule has 150 valence electrons. The number of aromatic amines is 1. The minimum absolute atomic E-state index is 0.0779. The molecular weight excluding hydrogens is 420 g/mol. The molecule has 0 aliphatic heterocycles. The maximum absolute atomic E-state index is 12.9. The summed E-state index contributed by atoms with van der Waals surface area (Å²) in [5.74, 6) is -2.61. The normalized spacial score (nSPS) is 11.6. The quantitative estimate of drug-likeness (QED) is 0.470. The van der Waals surface area contributed by atoms with E-state index in [9.17, 15) is 18.4 Å². The number of thiophene rings is 1. The van der Waals surface area contributed by atoms with Crippen LogP contribution in [0.5, 0.6) is 0 Å². The molecule has 11 heteroatoms. The van der Waals surface area contributed by atoms with Crippen LogP contribution >= 0.6 is 23.1 Å². The average molecular weight is 435 g/mol. The zero-order valence-electron chi connectivity index (χ0n) is 15.1. The highest BCUT2D eigenvalue weighted by atomic mass is 32.2. The number of carbonyl (C=O) groups is 1. The number of benzene rings is 1. The molecule has 4 rings (SSSR count). The first-order valence-corrected chi connectivity index (χ1v) is 10.3. The van der Waals surface area contributed by atoms with Crippen LogP contribution in [0.2, 0.25) is 0 Å². The van der Waals surface area contributed by atoms with Crippen LogP contribution in [-0.2, 0) is 17.9 Å². The van der Waals surface area contributed by atoms with Crippen molar-refractivity contribution < 1.29 is 13.6 Å². The maximum atomic E-state index is 12.9. The van der Waals surface area contributed by atoms with Gasteiger partial charge in [0.1, 0.15) is 17.1 Å². The van der Waals surface area contributed by atoms with E-state index < -0.39 is 5.76 Å². The van der Waals surface area contributed by atoms with Gasteiger partial charge in [-0.05, 0) is 35.3 Å². The molecule has 1 amide bonds. The van der Waals surface area contributed by atoms with E-state index in [1.54, 1.807) is 42.8 Å². The lowest BCUT2D eigenvalue weighted by molar-refractivity contribution is -0.131. The van der Waals surface area contributed by atoms with Gasteiger partial charge in [-0.25, -0.2) is 9.97 Å². The standard InChI is InChI=1S/C18H15F2N5O2S2/c1-24(8-13-21-11-6-7-28-15(11)16(27)23-13)14(26)9-25-12-5-3-2-4-10(12)22-18(25)29-17(19)20/h2-7,17H,8-9H2,1H3,(H,21,23,27). The highest BCUT2D eigenvalue weighted by Gasteiger charge is 2.20. The monoisotopic (exact) mass is 435 g/mol. The Labute approximate surface area is 171 Å². The fraction of sp³-hybridized carbons (Fsp3) is 0.222. The summed E-state index contributed by atoms with van der Waals surface area (Å²) in [6.07, 6.45) is 0. The largest absolute Gasteiger partial charge is 0.337 e. The number of para-hydroxylation sites is 2. The Morgan fingerprint density at radius 3 is 2.86 bits per heavy atom. The highest BCUT2D eigenvalue weighted by molar-refractivity contribution is 7.99. The molecule has 1 N–H and O–H groups in total. The lowest BCUT2D eigenvalue weighted by atomic mass is 10.3. The van der Waals surface area contributed by atoms with Crippen molar-refractivity contribution in [3.05, 3.63) is 51.9 Å². The number of H-pyrrole nitrogens is 1. The number of likely N-dealkylation sites (N-methyl/N-ethyl adjacent to an activating group) is 1. The molecule has 0 aliphatic carbocycles. The third-order valence-electron chi connectivity index (χ3n) is 4.28. The number of thioether (sulfide) groups is 1. The Morgan fingerprint density at radius 2 is 2.07 bits per heavy atom. The Balaban J connectivity index is 1.57. The molecule has 3 aromatic heterocycles. The van der Waals surface area contributed by atoms with Crippen LogP contribution in [-0.4, -0.2) is 43.1 Å². The molecule has 0 atom stereocenters. The third-order valence-corrected chi connectivity index (χ3v) is 5.89. The maximum Gasteiger partial charge on any atom is 0.291 e. The number of carbonyl (C=O) groups excluding carboxylic acids is 1. The summed E-state index contributed by atoms with van der Waals surface area (Å²) >= 11 is 1.60. The van der Waals surface area contributed by atoms with Crippen molar-refractivity contribution in [3.63, 3.8) is 0 Å². The molecule has 0 radical (unpaired) electrons. The van der Waals surface area contributed by atoms with Crippen molar-refractivity contribution in [1.82, 2.24) is 24.4 Å². The molecule has 0 saturated carbocycles. The van der Waals surface area contributed by atoms with Gasteiger partial charge in [0.25, 0.3) is 11.3 Å². The second kappa shape index (κ2) is 7.91. The number of hydrogen-bond acceptors (Lipinski definition) is 6. The van der Waals surface area contributed by atoms with Gasteiger partial charge in [0.2, 0.25) is 5.91 Å². The number of hydrogen-bond donors (Lipinski definition) is 1. The summed E-state index contributed by atoms with van der Waals surface area (Å²) in [7, 11) is 1.57. The van der Waals surface area contributed by atoms with E-state index in [4.69, 9.17) is 0 Å². The van der Waals surface area contributed by atoms with Crippen LogP contribution in [0.25, 0.3) is 21.3 Å². The smallest absolute Gasteiger partial charge is 0.291 e. The van der Waals surface area contributed by atoms with Crippen LogP contribution in [0.15, 0.2) is 45.7 Å². The summed E-state index contributed by atoms with van der Waals surface area (Å²) in [5, 5.41) is 1.85. The lowest BCUT2D eigenvalue weighted by Crippen LogP contribution is -2.31. The molecule has 0 aliphatic rings. The van der Waals surface area contributed by atoms with E-state index in [2.05, 4.69) is 15.0 Å². The Morgan fingerprint density at radius 1 is 1.28 bits per heavy atom. The van der Waals surface area contributed by atoms with Crippen LogP contribution in [0.3, 0.4) is 0 Å². The summed E-state index contributed by atoms with van der Waals surface area (Å²) in [6, 6.07) is 8.70. The van der Waals surface area contributed by atoms with Crippen LogP contribution in [0.4, 0.5) is 8.78 Å². The first-order chi connectivity index (χ1) is 13.9. The molecule has 29 heavy (non-hydrogen) atoms. The second-order valence-electron chi connectivity index (χ2n) is 6.25. The Bertz CT molecular complexity index is 1250. The van der Waals surface area contributed by atoms with Gasteiger partial charge in [-0.2, -0.15) is 8.78 Å². The Hall–Kier alpha value is -2.79. The van der Waals surface area contributed by atoms with Gasteiger partial charge in [0, 0.05) is 7.05 Å². The fourth-order valence-corrected chi connectivity index (χ4v) is 4.27. The molecule has 0 saturated heterocycles. The van der Waals surface area contributed by atoms with Crippen molar-refractivity contribution in [2.75, 3.05) is 7.05 Å². The minimum atomic E-state index is -2.65. The zero-order chi connectivity index (χ0) is 20.5. The number of aromatic nitrogens is 4. The van der Waals surface area contributed by atoms with E-state index in [1.165, 1.54) is 20.8 Å². The summed E-state index contributed by atoms with van der Waals surface area (Å²) in [6.45, 7) is -0.0686. The lowest BCUT2D eigenvalue weighted by Gasteiger charge is -2.18. The number of nitrogens with one attached hydrogen (secondary N) is 1. The van der Waals surface area contributed by atoms with Gasteiger partial charge >= 0.3 is 0 Å². The van der Waals surface area contributed by atoms with Crippen LogP contribution < -0.4 is 5.56 Å². The van der Waals surface area contributed by atoms with E-state index in [0.717, 1.165) is 0 Å². The van der Waals surface area contributed by atoms with Gasteiger partial charge < -0.3 is 14.5 Å². The number of nitrogens with zero attached hydrogens (tertiary/aromatic N) is 4. The van der Waals surface area contributed by atoms with E-state index in [-0.39, 0.29) is 29.7 Å². The average Bonchev–Trinajstić information content (AvgIpc) is 3.26. The summed E-state index contributed by atoms with van der Waals surface area (Å²) in [4.78, 5) is 37.5. The minimum Gasteiger partial charge on any atom is -0.337 e. The number of rotatable bonds is 6.